The second-order valence-corrected chi connectivity index (χ2v) is 13.0. The van der Waals surface area contributed by atoms with Gasteiger partial charge in [-0.1, -0.05) is 47.5 Å². The van der Waals surface area contributed by atoms with Crippen molar-refractivity contribution in [2.75, 3.05) is 19.5 Å². The Balaban J connectivity index is 0.000000543. The number of hydrogen-bond donors (Lipinski definition) is 1. The Morgan fingerprint density at radius 1 is 1.13 bits per heavy atom. The van der Waals surface area contributed by atoms with Crippen molar-refractivity contribution in [3.63, 3.8) is 0 Å². The normalized spacial score (nSPS) is 15.1. The summed E-state index contributed by atoms with van der Waals surface area (Å²) < 4.78 is 31.9. The number of carboxylic acids is 1. The van der Waals surface area contributed by atoms with Crippen molar-refractivity contribution in [3.05, 3.63) is 70.0 Å². The molecule has 1 aliphatic rings. The molecule has 0 aliphatic heterocycles. The van der Waals surface area contributed by atoms with Gasteiger partial charge in [-0.05, 0) is 69.4 Å². The number of amides is 1. The third-order valence-corrected chi connectivity index (χ3v) is 8.18. The highest BCUT2D eigenvalue weighted by Gasteiger charge is 2.42. The largest absolute Gasteiger partial charge is 0.481 e. The number of carbonyl (C=O) groups excluding carboxylic acids is 1. The predicted molar refractivity (Wildman–Crippen MR) is 153 cm³/mol. The van der Waals surface area contributed by atoms with Crippen LogP contribution in [0.5, 0.6) is 0 Å². The van der Waals surface area contributed by atoms with Gasteiger partial charge in [0, 0.05) is 53.3 Å². The van der Waals surface area contributed by atoms with Crippen LogP contribution in [0.15, 0.2) is 48.5 Å². The quantitative estimate of drug-likeness (QED) is 0.367. The fourth-order valence-electron chi connectivity index (χ4n) is 3.64. The van der Waals surface area contributed by atoms with Crippen molar-refractivity contribution < 1.29 is 28.0 Å². The molecule has 0 bridgehead atoms. The van der Waals surface area contributed by atoms with E-state index >= 15 is 0 Å². The Labute approximate surface area is 237 Å². The Morgan fingerprint density at radius 2 is 1.68 bits per heavy atom. The van der Waals surface area contributed by atoms with E-state index in [1.54, 1.807) is 18.1 Å². The topological polar surface area (TPSA) is 83.9 Å². The first-order valence-electron chi connectivity index (χ1n) is 12.2. The van der Waals surface area contributed by atoms with Gasteiger partial charge in [0.1, 0.15) is 5.82 Å². The van der Waals surface area contributed by atoms with Gasteiger partial charge in [0.05, 0.1) is 17.7 Å². The number of carboxylic acid groups (broad SMARTS) is 1. The van der Waals surface area contributed by atoms with Crippen LogP contribution in [0.1, 0.15) is 59.1 Å². The van der Waals surface area contributed by atoms with Crippen LogP contribution in [0.3, 0.4) is 0 Å². The van der Waals surface area contributed by atoms with E-state index in [4.69, 9.17) is 37.8 Å². The predicted octanol–water partition coefficient (Wildman–Crippen LogP) is 6.77. The van der Waals surface area contributed by atoms with Crippen molar-refractivity contribution in [2.24, 2.45) is 5.92 Å². The summed E-state index contributed by atoms with van der Waals surface area (Å²) in [7, 11) is 0.453. The third-order valence-electron chi connectivity index (χ3n) is 5.61. The zero-order valence-electron chi connectivity index (χ0n) is 22.7. The van der Waals surface area contributed by atoms with Gasteiger partial charge < -0.3 is 14.7 Å². The maximum atomic E-state index is 14.1. The van der Waals surface area contributed by atoms with Gasteiger partial charge in [-0.2, -0.15) is 0 Å². The van der Waals surface area contributed by atoms with E-state index in [1.165, 1.54) is 19.1 Å². The number of methoxy groups -OCH3 is 1. The standard InChI is InChI=1S/C20H29ClFNO3S.C6H5Cl.C2H4O2/c1-13(24)23(19(14-6-7-14)12-27(25)20(2,3)4)18(11-26-5)15-8-9-16(21)17(22)10-15;7-6-4-2-1-3-5-6;1-2(3)4/h8-10,14,18-19H,6-7,11-12H2,1-5H3;1-5H;1H3,(H,3,4)/t18-,19?,27?;;/m0../s1. The lowest BCUT2D eigenvalue weighted by atomic mass is 10.0. The number of carbonyl (C=O) groups is 2. The summed E-state index contributed by atoms with van der Waals surface area (Å²) in [5, 5.41) is 8.25. The molecule has 1 fully saturated rings. The van der Waals surface area contributed by atoms with Crippen LogP contribution in [0.2, 0.25) is 10.0 Å². The summed E-state index contributed by atoms with van der Waals surface area (Å²) in [4.78, 5) is 23.4. The molecular formula is C28H38Cl2FNO5S. The number of benzene rings is 2. The van der Waals surface area contributed by atoms with Gasteiger partial charge in [0.25, 0.3) is 5.97 Å². The van der Waals surface area contributed by atoms with Crippen molar-refractivity contribution in [3.8, 4) is 0 Å². The van der Waals surface area contributed by atoms with Crippen LogP contribution < -0.4 is 0 Å². The number of ether oxygens (including phenoxy) is 1. The van der Waals surface area contributed by atoms with E-state index in [2.05, 4.69) is 0 Å². The van der Waals surface area contributed by atoms with E-state index in [9.17, 15) is 13.4 Å². The zero-order chi connectivity index (χ0) is 29.0. The molecule has 1 aliphatic carbocycles. The Bertz CT molecular complexity index is 1060. The molecule has 0 aromatic heterocycles. The molecule has 2 unspecified atom stereocenters. The Kier molecular flexibility index (Phi) is 14.5. The van der Waals surface area contributed by atoms with Crippen molar-refractivity contribution in [1.82, 2.24) is 4.90 Å². The van der Waals surface area contributed by atoms with E-state index in [1.807, 2.05) is 51.1 Å². The molecule has 3 rings (SSSR count). The summed E-state index contributed by atoms with van der Waals surface area (Å²) >= 11 is 11.4. The lowest BCUT2D eigenvalue weighted by molar-refractivity contribution is -0.136. The zero-order valence-corrected chi connectivity index (χ0v) is 25.1. The van der Waals surface area contributed by atoms with E-state index in [0.29, 0.717) is 17.2 Å². The molecule has 6 nitrogen and oxygen atoms in total. The van der Waals surface area contributed by atoms with Gasteiger partial charge in [0.15, 0.2) is 0 Å². The first-order chi connectivity index (χ1) is 17.7. The molecular weight excluding hydrogens is 552 g/mol. The van der Waals surface area contributed by atoms with Gasteiger partial charge in [-0.15, -0.1) is 0 Å². The second-order valence-electron chi connectivity index (χ2n) is 9.91. The summed E-state index contributed by atoms with van der Waals surface area (Å²) in [5.74, 6) is -0.767. The summed E-state index contributed by atoms with van der Waals surface area (Å²) in [6, 6.07) is 13.4. The molecule has 212 valence electrons. The van der Waals surface area contributed by atoms with Crippen molar-refractivity contribution >= 4 is 45.9 Å². The summed E-state index contributed by atoms with van der Waals surface area (Å²) in [5.41, 5.74) is 0.626. The lowest BCUT2D eigenvalue weighted by Gasteiger charge is -2.39. The fourth-order valence-corrected chi connectivity index (χ4v) is 5.15. The molecule has 0 saturated heterocycles. The minimum absolute atomic E-state index is 0.0388. The van der Waals surface area contributed by atoms with E-state index in [-0.39, 0.29) is 28.3 Å². The number of aliphatic carboxylic acids is 1. The molecule has 2 aromatic rings. The first kappa shape index (κ1) is 34.0. The Hall–Kier alpha value is -2.00. The molecule has 38 heavy (non-hydrogen) atoms. The summed E-state index contributed by atoms with van der Waals surface area (Å²) in [6.07, 6.45) is 2.01. The maximum absolute atomic E-state index is 14.1. The van der Waals surface area contributed by atoms with Gasteiger partial charge in [0.2, 0.25) is 5.91 Å². The maximum Gasteiger partial charge on any atom is 0.300 e. The molecule has 3 atom stereocenters. The van der Waals surface area contributed by atoms with Crippen LogP contribution in [0, 0.1) is 11.7 Å². The number of hydrogen-bond acceptors (Lipinski definition) is 4. The molecule has 0 spiro atoms. The number of rotatable bonds is 8. The average Bonchev–Trinajstić information content (AvgIpc) is 3.65. The first-order valence-corrected chi connectivity index (χ1v) is 14.3. The molecule has 2 aromatic carbocycles. The van der Waals surface area contributed by atoms with E-state index in [0.717, 1.165) is 24.8 Å². The molecule has 1 saturated carbocycles. The highest BCUT2D eigenvalue weighted by atomic mass is 35.5. The molecule has 0 radical (unpaired) electrons. The molecule has 1 amide bonds. The molecule has 10 heteroatoms. The number of halogens is 3. The van der Waals surface area contributed by atoms with Gasteiger partial charge in [-0.3, -0.25) is 13.8 Å². The van der Waals surface area contributed by atoms with Crippen molar-refractivity contribution in [1.29, 1.82) is 0 Å². The van der Waals surface area contributed by atoms with Gasteiger partial charge in [-0.25, -0.2) is 4.39 Å². The minimum atomic E-state index is -1.10. The van der Waals surface area contributed by atoms with Crippen LogP contribution in [-0.4, -0.2) is 56.4 Å². The van der Waals surface area contributed by atoms with Crippen LogP contribution >= 0.6 is 23.2 Å². The van der Waals surface area contributed by atoms with Crippen LogP contribution in [-0.2, 0) is 25.1 Å². The average molecular weight is 591 g/mol. The second kappa shape index (κ2) is 16.2. The Morgan fingerprint density at radius 3 is 2.05 bits per heavy atom. The van der Waals surface area contributed by atoms with E-state index < -0.39 is 28.6 Å². The molecule has 1 N–H and O–H groups in total. The SMILES string of the molecule is CC(=O)O.COC[C@@H](c1ccc(Cl)c(F)c1)N(C(C)=O)C(CS(=O)C(C)(C)C)C1CC1.Clc1ccccc1. The summed E-state index contributed by atoms with van der Waals surface area (Å²) in [6.45, 7) is 8.63. The molecule has 0 heterocycles. The van der Waals surface area contributed by atoms with Crippen molar-refractivity contribution in [2.45, 2.75) is 64.3 Å². The third kappa shape index (κ3) is 12.2. The highest BCUT2D eigenvalue weighted by molar-refractivity contribution is 7.86. The fraction of sp³-hybridized carbons (Fsp3) is 0.500. The smallest absolute Gasteiger partial charge is 0.300 e. The minimum Gasteiger partial charge on any atom is -0.481 e. The van der Waals surface area contributed by atoms with Gasteiger partial charge >= 0.3 is 0 Å². The monoisotopic (exact) mass is 589 g/mol. The van der Waals surface area contributed by atoms with Crippen LogP contribution in [0.25, 0.3) is 0 Å². The lowest BCUT2D eigenvalue weighted by Crippen LogP contribution is -2.48. The van der Waals surface area contributed by atoms with Crippen LogP contribution in [0.4, 0.5) is 4.39 Å². The highest BCUT2D eigenvalue weighted by Crippen LogP contribution is 2.40. The number of nitrogens with zero attached hydrogens (tertiary/aromatic N) is 1.